The van der Waals surface area contributed by atoms with Crippen molar-refractivity contribution in [3.63, 3.8) is 0 Å². The number of halogens is 1. The summed E-state index contributed by atoms with van der Waals surface area (Å²) in [5.41, 5.74) is -0.468. The van der Waals surface area contributed by atoms with Gasteiger partial charge in [-0.2, -0.15) is 0 Å². The van der Waals surface area contributed by atoms with Crippen LogP contribution in [0.5, 0.6) is 0 Å². The first kappa shape index (κ1) is 19.4. The molecule has 130 valence electrons. The Bertz CT molecular complexity index is 692. The number of amides is 1. The van der Waals surface area contributed by atoms with E-state index < -0.39 is 21.4 Å². The first-order valence-corrected chi connectivity index (χ1v) is 9.18. The van der Waals surface area contributed by atoms with Crippen LogP contribution in [0, 0.1) is 11.2 Å². The van der Waals surface area contributed by atoms with Gasteiger partial charge in [-0.1, -0.05) is 20.8 Å². The summed E-state index contributed by atoms with van der Waals surface area (Å²) >= 11 is 0. The van der Waals surface area contributed by atoms with Crippen molar-refractivity contribution < 1.29 is 17.6 Å². The molecule has 1 aromatic rings. The standard InChI is InChI=1S/C16H25FN2O3S/c1-15(2,3)10-16(4,5)18-14(20)11-7-8-12(17)13(9-11)19-23(6,21)22/h7-9,19H,10H2,1-6H3,(H,18,20). The van der Waals surface area contributed by atoms with Gasteiger partial charge in [-0.3, -0.25) is 9.52 Å². The predicted molar refractivity (Wildman–Crippen MR) is 90.5 cm³/mol. The van der Waals surface area contributed by atoms with Crippen LogP contribution < -0.4 is 10.0 Å². The molecule has 0 aliphatic heterocycles. The molecule has 2 N–H and O–H groups in total. The highest BCUT2D eigenvalue weighted by Crippen LogP contribution is 2.27. The van der Waals surface area contributed by atoms with Crippen molar-refractivity contribution in [3.8, 4) is 0 Å². The zero-order chi connectivity index (χ0) is 18.1. The minimum absolute atomic E-state index is 0.0303. The van der Waals surface area contributed by atoms with Crippen molar-refractivity contribution in [2.24, 2.45) is 5.41 Å². The highest BCUT2D eigenvalue weighted by atomic mass is 32.2. The van der Waals surface area contributed by atoms with Crippen molar-refractivity contribution in [1.82, 2.24) is 5.32 Å². The lowest BCUT2D eigenvalue weighted by Crippen LogP contribution is -2.45. The summed E-state index contributed by atoms with van der Waals surface area (Å²) < 4.78 is 38.2. The maximum Gasteiger partial charge on any atom is 0.251 e. The van der Waals surface area contributed by atoms with E-state index in [9.17, 15) is 17.6 Å². The lowest BCUT2D eigenvalue weighted by atomic mass is 9.81. The molecule has 0 aliphatic carbocycles. The fourth-order valence-electron chi connectivity index (χ4n) is 2.69. The summed E-state index contributed by atoms with van der Waals surface area (Å²) in [4.78, 5) is 12.4. The summed E-state index contributed by atoms with van der Waals surface area (Å²) in [5.74, 6) is -1.11. The van der Waals surface area contributed by atoms with Crippen molar-refractivity contribution >= 4 is 21.6 Å². The Morgan fingerprint density at radius 2 is 1.74 bits per heavy atom. The number of rotatable bonds is 5. The minimum atomic E-state index is -3.62. The van der Waals surface area contributed by atoms with Crippen LogP contribution in [0.3, 0.4) is 0 Å². The SMILES string of the molecule is CC(C)(C)CC(C)(C)NC(=O)c1ccc(F)c(NS(C)(=O)=O)c1. The van der Waals surface area contributed by atoms with Gasteiger partial charge in [-0.05, 0) is 43.9 Å². The summed E-state index contributed by atoms with van der Waals surface area (Å²) in [7, 11) is -3.62. The molecule has 0 aromatic heterocycles. The molecule has 1 amide bonds. The molecule has 7 heteroatoms. The fourth-order valence-corrected chi connectivity index (χ4v) is 3.25. The Balaban J connectivity index is 2.99. The Morgan fingerprint density at radius 3 is 2.22 bits per heavy atom. The van der Waals surface area contributed by atoms with Crippen LogP contribution in [-0.2, 0) is 10.0 Å². The Hall–Kier alpha value is -1.63. The molecule has 1 rings (SSSR count). The predicted octanol–water partition coefficient (Wildman–Crippen LogP) is 3.14. The van der Waals surface area contributed by atoms with Gasteiger partial charge < -0.3 is 5.32 Å². The zero-order valence-corrected chi connectivity index (χ0v) is 15.3. The number of carbonyl (C=O) groups is 1. The number of sulfonamides is 1. The molecule has 0 unspecified atom stereocenters. The molecule has 0 atom stereocenters. The summed E-state index contributed by atoms with van der Waals surface area (Å²) in [6.45, 7) is 10.1. The van der Waals surface area contributed by atoms with Gasteiger partial charge in [0, 0.05) is 11.1 Å². The third-order valence-electron chi connectivity index (χ3n) is 2.95. The third kappa shape index (κ3) is 6.99. The van der Waals surface area contributed by atoms with Crippen LogP contribution in [0.25, 0.3) is 0 Å². The first-order valence-electron chi connectivity index (χ1n) is 7.28. The summed E-state index contributed by atoms with van der Waals surface area (Å²) in [6, 6.07) is 3.59. The van der Waals surface area contributed by atoms with E-state index in [0.29, 0.717) is 0 Å². The van der Waals surface area contributed by atoms with E-state index in [4.69, 9.17) is 0 Å². The van der Waals surface area contributed by atoms with Gasteiger partial charge >= 0.3 is 0 Å². The van der Waals surface area contributed by atoms with Gasteiger partial charge in [0.1, 0.15) is 5.82 Å². The molecule has 5 nitrogen and oxygen atoms in total. The van der Waals surface area contributed by atoms with Crippen LogP contribution in [0.2, 0.25) is 0 Å². The van der Waals surface area contributed by atoms with E-state index in [2.05, 4.69) is 30.8 Å². The van der Waals surface area contributed by atoms with E-state index in [-0.39, 0.29) is 22.6 Å². The molecule has 0 saturated carbocycles. The van der Waals surface area contributed by atoms with Crippen molar-refractivity contribution in [2.75, 3.05) is 11.0 Å². The smallest absolute Gasteiger partial charge is 0.251 e. The second kappa shape index (κ2) is 6.47. The Labute approximate surface area is 137 Å². The van der Waals surface area contributed by atoms with Gasteiger partial charge in [-0.25, -0.2) is 12.8 Å². The second-order valence-electron chi connectivity index (χ2n) is 7.64. The second-order valence-corrected chi connectivity index (χ2v) is 9.39. The zero-order valence-electron chi connectivity index (χ0n) is 14.5. The molecule has 0 radical (unpaired) electrons. The molecular weight excluding hydrogens is 319 g/mol. The lowest BCUT2D eigenvalue weighted by Gasteiger charge is -2.33. The highest BCUT2D eigenvalue weighted by Gasteiger charge is 2.27. The van der Waals surface area contributed by atoms with Crippen molar-refractivity contribution in [3.05, 3.63) is 29.6 Å². The average molecular weight is 344 g/mol. The normalized spacial score (nSPS) is 12.8. The van der Waals surface area contributed by atoms with Crippen LogP contribution in [0.4, 0.5) is 10.1 Å². The first-order chi connectivity index (χ1) is 10.2. The molecule has 0 fully saturated rings. The molecule has 1 aromatic carbocycles. The fraction of sp³-hybridized carbons (Fsp3) is 0.562. The molecule has 0 bridgehead atoms. The van der Waals surface area contributed by atoms with E-state index in [1.54, 1.807) is 0 Å². The van der Waals surface area contributed by atoms with Crippen LogP contribution in [-0.4, -0.2) is 26.1 Å². The molecule has 23 heavy (non-hydrogen) atoms. The summed E-state index contributed by atoms with van der Waals surface area (Å²) in [6.07, 6.45) is 1.67. The van der Waals surface area contributed by atoms with Crippen molar-refractivity contribution in [2.45, 2.75) is 46.6 Å². The molecule has 0 spiro atoms. The van der Waals surface area contributed by atoms with Gasteiger partial charge in [0.25, 0.3) is 5.91 Å². The molecule has 0 saturated heterocycles. The van der Waals surface area contributed by atoms with Crippen molar-refractivity contribution in [1.29, 1.82) is 0 Å². The van der Waals surface area contributed by atoms with Crippen LogP contribution >= 0.6 is 0 Å². The minimum Gasteiger partial charge on any atom is -0.347 e. The van der Waals surface area contributed by atoms with Gasteiger partial charge in [-0.15, -0.1) is 0 Å². The van der Waals surface area contributed by atoms with E-state index in [1.807, 2.05) is 13.8 Å². The van der Waals surface area contributed by atoms with Gasteiger partial charge in [0.15, 0.2) is 0 Å². The van der Waals surface area contributed by atoms with Gasteiger partial charge in [0.2, 0.25) is 10.0 Å². The van der Waals surface area contributed by atoms with Gasteiger partial charge in [0.05, 0.1) is 11.9 Å². The quantitative estimate of drug-likeness (QED) is 0.861. The summed E-state index contributed by atoms with van der Waals surface area (Å²) in [5, 5.41) is 2.90. The number of benzene rings is 1. The number of nitrogens with one attached hydrogen (secondary N) is 2. The number of hydrogen-bond donors (Lipinski definition) is 2. The number of anilines is 1. The monoisotopic (exact) mass is 344 g/mol. The Kier molecular flexibility index (Phi) is 5.46. The third-order valence-corrected chi connectivity index (χ3v) is 3.54. The van der Waals surface area contributed by atoms with Crippen LogP contribution in [0.1, 0.15) is 51.4 Å². The maximum atomic E-state index is 13.7. The van der Waals surface area contributed by atoms with E-state index in [1.165, 1.54) is 12.1 Å². The largest absolute Gasteiger partial charge is 0.347 e. The van der Waals surface area contributed by atoms with E-state index in [0.717, 1.165) is 18.7 Å². The highest BCUT2D eigenvalue weighted by molar-refractivity contribution is 7.92. The number of carbonyl (C=O) groups excluding carboxylic acids is 1. The molecular formula is C16H25FN2O3S. The van der Waals surface area contributed by atoms with Crippen LogP contribution in [0.15, 0.2) is 18.2 Å². The molecule has 0 aliphatic rings. The van der Waals surface area contributed by atoms with E-state index >= 15 is 0 Å². The average Bonchev–Trinajstić information content (AvgIpc) is 2.25. The maximum absolute atomic E-state index is 13.7. The Morgan fingerprint density at radius 1 is 1.17 bits per heavy atom. The lowest BCUT2D eigenvalue weighted by molar-refractivity contribution is 0.0891. The topological polar surface area (TPSA) is 75.3 Å². The molecule has 0 heterocycles. The number of hydrogen-bond acceptors (Lipinski definition) is 3.